The largest absolute Gasteiger partial charge is 0.310 e. The molecule has 0 atom stereocenters. The van der Waals surface area contributed by atoms with E-state index in [4.69, 9.17) is 0 Å². The van der Waals surface area contributed by atoms with Gasteiger partial charge in [-0.2, -0.15) is 0 Å². The van der Waals surface area contributed by atoms with E-state index in [0.717, 1.165) is 28.2 Å². The summed E-state index contributed by atoms with van der Waals surface area (Å²) in [7, 11) is 0. The van der Waals surface area contributed by atoms with Crippen molar-refractivity contribution >= 4 is 70.4 Å². The number of hydrogen-bond acceptors (Lipinski definition) is 2. The topological polar surface area (TPSA) is 8.17 Å². The molecule has 0 aliphatic heterocycles. The Balaban J connectivity index is 0.976. The minimum Gasteiger partial charge on any atom is -0.310 e. The van der Waals surface area contributed by atoms with E-state index in [-0.39, 0.29) is 0 Å². The molecule has 14 rings (SSSR count). The first-order valence-electron chi connectivity index (χ1n) is 24.1. The highest BCUT2D eigenvalue weighted by Gasteiger charge is 2.46. The van der Waals surface area contributed by atoms with E-state index in [9.17, 15) is 0 Å². The molecule has 3 heteroatoms. The second-order valence-corrected chi connectivity index (χ2v) is 19.5. The van der Waals surface area contributed by atoms with Crippen molar-refractivity contribution < 1.29 is 0 Å². The lowest BCUT2D eigenvalue weighted by Gasteiger charge is -2.35. The highest BCUT2D eigenvalue weighted by atomic mass is 32.1. The van der Waals surface area contributed by atoms with Gasteiger partial charge < -0.3 is 9.47 Å². The van der Waals surface area contributed by atoms with Crippen molar-refractivity contribution in [1.82, 2.24) is 4.57 Å². The van der Waals surface area contributed by atoms with Gasteiger partial charge in [0.1, 0.15) is 0 Å². The quantitative estimate of drug-likeness (QED) is 0.147. The Kier molecular flexibility index (Phi) is 9.33. The van der Waals surface area contributed by atoms with Crippen LogP contribution in [0.2, 0.25) is 0 Å². The first kappa shape index (κ1) is 40.3. The minimum absolute atomic E-state index is 0.535. The standard InChI is InChI=1S/C67H44N2S/c1-4-18-45(19-5-1)46-32-35-50(36-33-46)68(52-37-39-55-54-25-10-14-28-60(54)67(61(55)44-52,48-20-6-2-7-21-48)49-22-8-3-9-23-49)62-29-15-11-24-53(62)47-34-40-64-58(42-47)56-26-12-16-30-63(56)69(64)51-38-41-66-59(43-51)57-27-13-17-31-65(57)70-66/h1-44H. The molecule has 2 aromatic heterocycles. The van der Waals surface area contributed by atoms with E-state index in [1.165, 1.54) is 92.2 Å². The Morgan fingerprint density at radius 1 is 0.329 bits per heavy atom. The number of benzene rings is 11. The Bertz CT molecular complexity index is 4070. The molecule has 13 aromatic rings. The number of aromatic nitrogens is 1. The third-order valence-electron chi connectivity index (χ3n) is 14.7. The lowest BCUT2D eigenvalue weighted by molar-refractivity contribution is 0.768. The smallest absolute Gasteiger partial charge is 0.0714 e. The van der Waals surface area contributed by atoms with Crippen molar-refractivity contribution in [1.29, 1.82) is 0 Å². The molecule has 11 aromatic carbocycles. The average Bonchev–Trinajstić information content (AvgIpc) is 4.08. The molecule has 70 heavy (non-hydrogen) atoms. The molecular formula is C67H44N2S. The van der Waals surface area contributed by atoms with Gasteiger partial charge in [-0.3, -0.25) is 0 Å². The molecule has 0 saturated heterocycles. The van der Waals surface area contributed by atoms with Crippen LogP contribution in [0.1, 0.15) is 22.3 Å². The van der Waals surface area contributed by atoms with Crippen molar-refractivity contribution in [3.8, 4) is 39.1 Å². The van der Waals surface area contributed by atoms with Crippen LogP contribution in [0.25, 0.3) is 81.0 Å². The van der Waals surface area contributed by atoms with Gasteiger partial charge in [-0.1, -0.05) is 194 Å². The SMILES string of the molecule is c1ccc(-c2ccc(N(c3ccc4c(c3)C(c3ccccc3)(c3ccccc3)c3ccccc3-4)c3ccccc3-c3ccc4c(c3)c3ccccc3n4-c3ccc4sc5ccccc5c4c3)cc2)cc1. The Morgan fingerprint density at radius 2 is 0.900 bits per heavy atom. The zero-order valence-electron chi connectivity index (χ0n) is 38.2. The Hall–Kier alpha value is -8.76. The molecule has 0 fully saturated rings. The lowest BCUT2D eigenvalue weighted by atomic mass is 9.67. The first-order chi connectivity index (χ1) is 34.7. The molecule has 0 N–H and O–H groups in total. The van der Waals surface area contributed by atoms with Crippen LogP contribution in [-0.4, -0.2) is 4.57 Å². The van der Waals surface area contributed by atoms with Crippen LogP contribution in [0.5, 0.6) is 0 Å². The van der Waals surface area contributed by atoms with Crippen molar-refractivity contribution in [2.24, 2.45) is 0 Å². The molecular weight excluding hydrogens is 865 g/mol. The average molecular weight is 909 g/mol. The van der Waals surface area contributed by atoms with Crippen molar-refractivity contribution in [2.45, 2.75) is 5.41 Å². The van der Waals surface area contributed by atoms with Crippen molar-refractivity contribution in [3.05, 3.63) is 289 Å². The van der Waals surface area contributed by atoms with Crippen molar-refractivity contribution in [3.63, 3.8) is 0 Å². The second kappa shape index (κ2) is 16.2. The van der Waals surface area contributed by atoms with Gasteiger partial charge >= 0.3 is 0 Å². The fraction of sp³-hybridized carbons (Fsp3) is 0.0149. The first-order valence-corrected chi connectivity index (χ1v) is 24.9. The fourth-order valence-corrected chi connectivity index (χ4v) is 12.7. The molecule has 0 bridgehead atoms. The zero-order valence-corrected chi connectivity index (χ0v) is 39.0. The van der Waals surface area contributed by atoms with Crippen LogP contribution in [0.3, 0.4) is 0 Å². The van der Waals surface area contributed by atoms with Gasteiger partial charge in [0.15, 0.2) is 0 Å². The van der Waals surface area contributed by atoms with Crippen LogP contribution < -0.4 is 4.90 Å². The molecule has 2 nitrogen and oxygen atoms in total. The van der Waals surface area contributed by atoms with Gasteiger partial charge in [0.05, 0.1) is 22.1 Å². The summed E-state index contributed by atoms with van der Waals surface area (Å²) in [5, 5.41) is 5.06. The van der Waals surface area contributed by atoms with Gasteiger partial charge in [0.25, 0.3) is 0 Å². The summed E-state index contributed by atoms with van der Waals surface area (Å²) in [5.41, 5.74) is 18.6. The molecule has 0 spiro atoms. The predicted octanol–water partition coefficient (Wildman–Crippen LogP) is 18.3. The number of anilines is 3. The zero-order chi connectivity index (χ0) is 46.2. The summed E-state index contributed by atoms with van der Waals surface area (Å²) in [6, 6.07) is 98.7. The number of fused-ring (bicyclic) bond motifs is 9. The summed E-state index contributed by atoms with van der Waals surface area (Å²) in [5.74, 6) is 0. The molecule has 0 amide bonds. The van der Waals surface area contributed by atoms with Gasteiger partial charge in [0.2, 0.25) is 0 Å². The number of rotatable bonds is 8. The van der Waals surface area contributed by atoms with Gasteiger partial charge in [-0.15, -0.1) is 11.3 Å². The predicted molar refractivity (Wildman–Crippen MR) is 297 cm³/mol. The third-order valence-corrected chi connectivity index (χ3v) is 15.8. The molecule has 2 heterocycles. The normalized spacial score (nSPS) is 12.7. The van der Waals surface area contributed by atoms with E-state index in [1.807, 2.05) is 11.3 Å². The highest BCUT2D eigenvalue weighted by Crippen LogP contribution is 2.57. The van der Waals surface area contributed by atoms with Gasteiger partial charge in [-0.05, 0) is 123 Å². The monoisotopic (exact) mass is 908 g/mol. The summed E-state index contributed by atoms with van der Waals surface area (Å²) < 4.78 is 5.07. The molecule has 328 valence electrons. The van der Waals surface area contributed by atoms with Gasteiger partial charge in [0, 0.05) is 53.6 Å². The van der Waals surface area contributed by atoms with E-state index in [1.54, 1.807) is 0 Å². The van der Waals surface area contributed by atoms with Crippen molar-refractivity contribution in [2.75, 3.05) is 4.90 Å². The maximum absolute atomic E-state index is 2.47. The van der Waals surface area contributed by atoms with Gasteiger partial charge in [-0.25, -0.2) is 0 Å². The Labute approximate surface area is 411 Å². The van der Waals surface area contributed by atoms with E-state index in [0.29, 0.717) is 0 Å². The number of thiophene rings is 1. The number of nitrogens with zero attached hydrogens (tertiary/aromatic N) is 2. The third kappa shape index (κ3) is 6.19. The minimum atomic E-state index is -0.535. The Morgan fingerprint density at radius 3 is 1.69 bits per heavy atom. The molecule has 0 radical (unpaired) electrons. The van der Waals surface area contributed by atoms with Crippen LogP contribution in [0.15, 0.2) is 267 Å². The summed E-state index contributed by atoms with van der Waals surface area (Å²) in [6.45, 7) is 0. The molecule has 1 aliphatic rings. The summed E-state index contributed by atoms with van der Waals surface area (Å²) >= 11 is 1.86. The highest BCUT2D eigenvalue weighted by molar-refractivity contribution is 7.25. The maximum Gasteiger partial charge on any atom is 0.0714 e. The molecule has 0 saturated carbocycles. The van der Waals surface area contributed by atoms with Crippen LogP contribution in [0, 0.1) is 0 Å². The van der Waals surface area contributed by atoms with E-state index in [2.05, 4.69) is 276 Å². The maximum atomic E-state index is 2.47. The van der Waals surface area contributed by atoms with E-state index >= 15 is 0 Å². The summed E-state index contributed by atoms with van der Waals surface area (Å²) in [4.78, 5) is 2.47. The van der Waals surface area contributed by atoms with Crippen LogP contribution in [0.4, 0.5) is 17.1 Å². The van der Waals surface area contributed by atoms with Crippen LogP contribution >= 0.6 is 11.3 Å². The molecule has 1 aliphatic carbocycles. The lowest BCUT2D eigenvalue weighted by Crippen LogP contribution is -2.28. The summed E-state index contributed by atoms with van der Waals surface area (Å²) in [6.07, 6.45) is 0. The van der Waals surface area contributed by atoms with Crippen LogP contribution in [-0.2, 0) is 5.41 Å². The fourth-order valence-electron chi connectivity index (χ4n) is 11.6. The number of hydrogen-bond donors (Lipinski definition) is 0. The second-order valence-electron chi connectivity index (χ2n) is 18.4. The van der Waals surface area contributed by atoms with E-state index < -0.39 is 5.41 Å². The number of para-hydroxylation sites is 2. The molecule has 0 unspecified atom stereocenters.